The first-order chi connectivity index (χ1) is 9.74. The Hall–Kier alpha value is -2.17. The minimum atomic E-state index is 0.407. The zero-order valence-electron chi connectivity index (χ0n) is 11.5. The average Bonchev–Trinajstić information content (AvgIpc) is 3.24. The fraction of sp³-hybridized carbons (Fsp3) is 0.400. The number of aryl methyl sites for hydroxylation is 1. The van der Waals surface area contributed by atoms with E-state index in [1.165, 1.54) is 12.8 Å². The maximum Gasteiger partial charge on any atom is 0.324 e. The van der Waals surface area contributed by atoms with Crippen molar-refractivity contribution in [1.82, 2.24) is 4.98 Å². The van der Waals surface area contributed by atoms with E-state index >= 15 is 0 Å². The van der Waals surface area contributed by atoms with Gasteiger partial charge in [-0.2, -0.15) is 0 Å². The van der Waals surface area contributed by atoms with Gasteiger partial charge in [0.1, 0.15) is 0 Å². The average molecular weight is 269 g/mol. The lowest BCUT2D eigenvalue weighted by atomic mass is 10.2. The summed E-state index contributed by atoms with van der Waals surface area (Å²) in [6.45, 7) is 3.22. The number of aromatic nitrogens is 1. The third-order valence-electron chi connectivity index (χ3n) is 4.13. The minimum Gasteiger partial charge on any atom is -0.345 e. The minimum absolute atomic E-state index is 0.407. The van der Waals surface area contributed by atoms with Gasteiger partial charge in [0.2, 0.25) is 0 Å². The molecule has 0 radical (unpaired) electrons. The van der Waals surface area contributed by atoms with Crippen LogP contribution < -0.4 is 10.2 Å². The number of rotatable bonds is 1. The van der Waals surface area contributed by atoms with Crippen LogP contribution in [0, 0.1) is 11.8 Å². The first-order valence-corrected chi connectivity index (χ1v) is 7.07. The Labute approximate surface area is 117 Å². The molecule has 0 unspecified atom stereocenters. The molecule has 0 saturated heterocycles. The van der Waals surface area contributed by atoms with Crippen LogP contribution in [0.5, 0.6) is 0 Å². The molecule has 1 fully saturated rings. The number of anilines is 2. The summed E-state index contributed by atoms with van der Waals surface area (Å²) in [7, 11) is 0. The molecule has 1 saturated carbocycles. The number of hydrogen-bond acceptors (Lipinski definition) is 4. The summed E-state index contributed by atoms with van der Waals surface area (Å²) in [4.78, 5) is 19.0. The second kappa shape index (κ2) is 4.16. The lowest BCUT2D eigenvalue weighted by Crippen LogP contribution is -2.29. The van der Waals surface area contributed by atoms with Crippen molar-refractivity contribution >= 4 is 11.5 Å². The molecule has 3 heterocycles. The molecule has 0 atom stereocenters. The highest BCUT2D eigenvalue weighted by molar-refractivity contribution is 5.74. The molecule has 0 spiro atoms. The maximum absolute atomic E-state index is 12.1. The Bertz CT molecular complexity index is 658. The van der Waals surface area contributed by atoms with Crippen molar-refractivity contribution in [1.29, 1.82) is 0 Å². The largest absolute Gasteiger partial charge is 0.345 e. The molecule has 0 bridgehead atoms. The Morgan fingerprint density at radius 3 is 3.10 bits per heavy atom. The third kappa shape index (κ3) is 1.73. The van der Waals surface area contributed by atoms with Gasteiger partial charge in [0.15, 0.2) is 18.1 Å². The fourth-order valence-corrected chi connectivity index (χ4v) is 2.87. The Balaban J connectivity index is 1.87. The zero-order chi connectivity index (χ0) is 13.7. The van der Waals surface area contributed by atoms with E-state index in [2.05, 4.69) is 28.2 Å². The molecule has 20 heavy (non-hydrogen) atoms. The van der Waals surface area contributed by atoms with Gasteiger partial charge >= 0.3 is 5.82 Å². The van der Waals surface area contributed by atoms with E-state index in [1.807, 2.05) is 18.3 Å². The standard InChI is InChI=1S/C15H17N4O/c1-10-6-7-16-15-13(10)17-14-11(3-2-8-19(14)20)9-18(15)12-4-5-12/h2-3,6-7,12,17H,4-5,8-9H2,1H3/q+1. The van der Waals surface area contributed by atoms with E-state index in [0.717, 1.165) is 33.9 Å². The van der Waals surface area contributed by atoms with Gasteiger partial charge in [-0.3, -0.25) is 0 Å². The van der Waals surface area contributed by atoms with E-state index in [1.54, 1.807) is 0 Å². The van der Waals surface area contributed by atoms with Gasteiger partial charge in [-0.1, -0.05) is 4.91 Å². The fourth-order valence-electron chi connectivity index (χ4n) is 2.87. The van der Waals surface area contributed by atoms with Gasteiger partial charge < -0.3 is 4.90 Å². The molecule has 0 aromatic carbocycles. The van der Waals surface area contributed by atoms with Crippen molar-refractivity contribution < 1.29 is 4.76 Å². The summed E-state index contributed by atoms with van der Waals surface area (Å²) < 4.78 is 1.03. The van der Waals surface area contributed by atoms with Crippen LogP contribution in [0.25, 0.3) is 0 Å². The topological polar surface area (TPSA) is 48.2 Å². The zero-order valence-corrected chi connectivity index (χ0v) is 11.5. The lowest BCUT2D eigenvalue weighted by Gasteiger charge is -2.22. The van der Waals surface area contributed by atoms with E-state index in [9.17, 15) is 4.91 Å². The molecule has 5 heteroatoms. The second-order valence-corrected chi connectivity index (χ2v) is 5.65. The van der Waals surface area contributed by atoms with Gasteiger partial charge in [-0.15, -0.1) is 0 Å². The van der Waals surface area contributed by atoms with Gasteiger partial charge in [-0.25, -0.2) is 10.3 Å². The Morgan fingerprint density at radius 2 is 2.30 bits per heavy atom. The molecule has 0 amide bonds. The van der Waals surface area contributed by atoms with Crippen LogP contribution >= 0.6 is 0 Å². The first kappa shape index (κ1) is 11.6. The van der Waals surface area contributed by atoms with Crippen LogP contribution in [0.2, 0.25) is 0 Å². The summed E-state index contributed by atoms with van der Waals surface area (Å²) >= 11 is 0. The number of fused-ring (bicyclic) bond motifs is 1. The SMILES string of the molecule is Cc1ccnc2c1NC1=C(C=CC[N+]1=O)CN2C1CC1. The summed E-state index contributed by atoms with van der Waals surface area (Å²) in [5.41, 5.74) is 3.15. The van der Waals surface area contributed by atoms with Crippen molar-refractivity contribution in [2.45, 2.75) is 25.8 Å². The third-order valence-corrected chi connectivity index (χ3v) is 4.13. The van der Waals surface area contributed by atoms with Crippen LogP contribution in [0.4, 0.5) is 11.5 Å². The van der Waals surface area contributed by atoms with E-state index in [0.29, 0.717) is 18.4 Å². The van der Waals surface area contributed by atoms with Gasteiger partial charge in [0.25, 0.3) is 0 Å². The second-order valence-electron chi connectivity index (χ2n) is 5.65. The van der Waals surface area contributed by atoms with Crippen LogP contribution in [0.3, 0.4) is 0 Å². The molecular weight excluding hydrogens is 252 g/mol. The van der Waals surface area contributed by atoms with Crippen LogP contribution in [0.1, 0.15) is 18.4 Å². The Kier molecular flexibility index (Phi) is 2.42. The lowest BCUT2D eigenvalue weighted by molar-refractivity contribution is -0.488. The maximum atomic E-state index is 12.1. The molecular formula is C15H17N4O+. The smallest absolute Gasteiger partial charge is 0.324 e. The van der Waals surface area contributed by atoms with Crippen molar-refractivity contribution in [2.24, 2.45) is 0 Å². The molecule has 1 aromatic heterocycles. The molecule has 1 aromatic rings. The van der Waals surface area contributed by atoms with Gasteiger partial charge in [-0.05, 0) is 42.7 Å². The summed E-state index contributed by atoms with van der Waals surface area (Å²) in [6, 6.07) is 2.54. The van der Waals surface area contributed by atoms with Gasteiger partial charge in [0, 0.05) is 17.8 Å². The molecule has 4 rings (SSSR count). The number of hydrogen-bond donors (Lipinski definition) is 1. The van der Waals surface area contributed by atoms with Crippen LogP contribution in [-0.2, 0) is 0 Å². The molecule has 2 aliphatic heterocycles. The molecule has 3 aliphatic rings. The number of pyridine rings is 1. The molecule has 1 aliphatic carbocycles. The number of nitroso groups, excluding NO2 is 1. The van der Waals surface area contributed by atoms with E-state index in [-0.39, 0.29) is 0 Å². The number of nitrogens with zero attached hydrogens (tertiary/aromatic N) is 3. The van der Waals surface area contributed by atoms with Crippen molar-refractivity contribution in [3.05, 3.63) is 46.3 Å². The molecule has 1 N–H and O–H groups in total. The van der Waals surface area contributed by atoms with Crippen molar-refractivity contribution in [3.8, 4) is 0 Å². The summed E-state index contributed by atoms with van der Waals surface area (Å²) in [5, 5.41) is 3.33. The predicted molar refractivity (Wildman–Crippen MR) is 77.6 cm³/mol. The Morgan fingerprint density at radius 1 is 1.45 bits per heavy atom. The highest BCUT2D eigenvalue weighted by Gasteiger charge is 2.38. The van der Waals surface area contributed by atoms with Crippen molar-refractivity contribution in [3.63, 3.8) is 0 Å². The highest BCUT2D eigenvalue weighted by Crippen LogP contribution is 2.39. The van der Waals surface area contributed by atoms with Crippen LogP contribution in [0.15, 0.2) is 35.8 Å². The molecule has 102 valence electrons. The van der Waals surface area contributed by atoms with Gasteiger partial charge in [0.05, 0.1) is 12.1 Å². The van der Waals surface area contributed by atoms with Crippen LogP contribution in [-0.4, -0.2) is 28.9 Å². The van der Waals surface area contributed by atoms with Crippen molar-refractivity contribution in [2.75, 3.05) is 23.3 Å². The summed E-state index contributed by atoms with van der Waals surface area (Å²) in [6.07, 6.45) is 8.26. The highest BCUT2D eigenvalue weighted by atomic mass is 16.3. The quantitative estimate of drug-likeness (QED) is 0.795. The predicted octanol–water partition coefficient (Wildman–Crippen LogP) is 2.34. The molecule has 5 nitrogen and oxygen atoms in total. The number of nitrogens with one attached hydrogen (secondary N) is 1. The van der Waals surface area contributed by atoms with E-state index in [4.69, 9.17) is 0 Å². The van der Waals surface area contributed by atoms with E-state index < -0.39 is 0 Å². The normalized spacial score (nSPS) is 21.2. The summed E-state index contributed by atoms with van der Waals surface area (Å²) in [5.74, 6) is 1.65. The monoisotopic (exact) mass is 269 g/mol. The first-order valence-electron chi connectivity index (χ1n) is 7.07.